The quantitative estimate of drug-likeness (QED) is 0.864. The van der Waals surface area contributed by atoms with E-state index in [0.717, 1.165) is 35.1 Å². The van der Waals surface area contributed by atoms with Gasteiger partial charge in [0.15, 0.2) is 0 Å². The summed E-state index contributed by atoms with van der Waals surface area (Å²) in [6, 6.07) is 7.83. The van der Waals surface area contributed by atoms with Crippen molar-refractivity contribution in [2.45, 2.75) is 13.0 Å². The Hall–Kier alpha value is -2.46. The Morgan fingerprint density at radius 2 is 2.26 bits per heavy atom. The number of hydrogen-bond donors (Lipinski definition) is 1. The summed E-state index contributed by atoms with van der Waals surface area (Å²) in [5.74, 6) is 1.37. The van der Waals surface area contributed by atoms with Gasteiger partial charge in [0.05, 0.1) is 12.2 Å². The van der Waals surface area contributed by atoms with Crippen LogP contribution in [0, 0.1) is 0 Å². The van der Waals surface area contributed by atoms with Gasteiger partial charge in [-0.15, -0.1) is 0 Å². The fourth-order valence-corrected chi connectivity index (χ4v) is 2.71. The lowest BCUT2D eigenvalue weighted by atomic mass is 10.1. The molecule has 23 heavy (non-hydrogen) atoms. The highest BCUT2D eigenvalue weighted by atomic mass is 35.5. The molecule has 4 nitrogen and oxygen atoms in total. The Balaban J connectivity index is 1.80. The number of aromatic nitrogens is 1. The van der Waals surface area contributed by atoms with Crippen LogP contribution in [0.3, 0.4) is 0 Å². The van der Waals surface area contributed by atoms with Gasteiger partial charge in [0, 0.05) is 23.7 Å². The van der Waals surface area contributed by atoms with Crippen LogP contribution in [-0.2, 0) is 13.0 Å². The van der Waals surface area contributed by atoms with Crippen molar-refractivity contribution < 1.29 is 4.42 Å². The van der Waals surface area contributed by atoms with Crippen LogP contribution in [0.25, 0.3) is 5.70 Å². The van der Waals surface area contributed by atoms with Crippen molar-refractivity contribution >= 4 is 23.0 Å². The molecule has 3 rings (SSSR count). The standard InChI is InChI=1S/C18H18ClN3O/c1-2-3-4-8-15(20)18-21-16-12-22(10-9-17(16)23-18)14-7-5-6-13(19)11-14/h2-8,11H,1,9-10,12,20H2/b4-3-,15-8-. The van der Waals surface area contributed by atoms with Crippen LogP contribution in [0.2, 0.25) is 5.02 Å². The molecule has 0 saturated carbocycles. The Morgan fingerprint density at radius 3 is 3.04 bits per heavy atom. The van der Waals surface area contributed by atoms with Gasteiger partial charge in [-0.1, -0.05) is 42.5 Å². The summed E-state index contributed by atoms with van der Waals surface area (Å²) in [6.07, 6.45) is 7.85. The smallest absolute Gasteiger partial charge is 0.242 e. The van der Waals surface area contributed by atoms with Gasteiger partial charge in [0.1, 0.15) is 11.5 Å². The molecule has 0 atom stereocenters. The summed E-state index contributed by atoms with van der Waals surface area (Å²) in [7, 11) is 0. The highest BCUT2D eigenvalue weighted by Gasteiger charge is 2.23. The molecule has 2 N–H and O–H groups in total. The Morgan fingerprint density at radius 1 is 1.39 bits per heavy atom. The summed E-state index contributed by atoms with van der Waals surface area (Å²) in [5, 5.41) is 0.732. The molecule has 0 unspecified atom stereocenters. The van der Waals surface area contributed by atoms with Crippen molar-refractivity contribution in [1.29, 1.82) is 0 Å². The first kappa shape index (κ1) is 15.4. The third-order valence-electron chi connectivity index (χ3n) is 3.67. The second-order valence-corrected chi connectivity index (χ2v) is 5.72. The average molecular weight is 328 g/mol. The molecular formula is C18H18ClN3O. The van der Waals surface area contributed by atoms with Crippen molar-refractivity contribution in [3.8, 4) is 0 Å². The van der Waals surface area contributed by atoms with E-state index in [0.29, 0.717) is 18.1 Å². The second-order valence-electron chi connectivity index (χ2n) is 5.28. The van der Waals surface area contributed by atoms with E-state index in [1.165, 1.54) is 0 Å². The molecule has 1 aliphatic heterocycles. The molecule has 2 heterocycles. The molecule has 1 aliphatic rings. The van der Waals surface area contributed by atoms with Gasteiger partial charge in [0.2, 0.25) is 5.89 Å². The van der Waals surface area contributed by atoms with Crippen molar-refractivity contribution in [2.24, 2.45) is 5.73 Å². The molecule has 118 valence electrons. The first-order valence-electron chi connectivity index (χ1n) is 7.41. The van der Waals surface area contributed by atoms with Crippen LogP contribution >= 0.6 is 11.6 Å². The number of benzene rings is 1. The van der Waals surface area contributed by atoms with Gasteiger partial charge in [-0.25, -0.2) is 4.98 Å². The predicted octanol–water partition coefficient (Wildman–Crippen LogP) is 3.93. The zero-order valence-electron chi connectivity index (χ0n) is 12.7. The van der Waals surface area contributed by atoms with Crippen molar-refractivity contribution in [1.82, 2.24) is 4.98 Å². The molecule has 0 aliphatic carbocycles. The third kappa shape index (κ3) is 3.48. The molecule has 5 heteroatoms. The Kier molecular flexibility index (Phi) is 4.53. The average Bonchev–Trinajstić information content (AvgIpc) is 2.98. The molecule has 0 bridgehead atoms. The number of allylic oxidation sites excluding steroid dienone is 4. The number of anilines is 1. The van der Waals surface area contributed by atoms with Crippen LogP contribution in [0.15, 0.2) is 59.6 Å². The Labute approximate surface area is 140 Å². The van der Waals surface area contributed by atoms with Gasteiger partial charge in [-0.2, -0.15) is 0 Å². The van der Waals surface area contributed by atoms with E-state index in [1.54, 1.807) is 18.2 Å². The summed E-state index contributed by atoms with van der Waals surface area (Å²) in [6.45, 7) is 5.17. The van der Waals surface area contributed by atoms with E-state index in [1.807, 2.05) is 30.3 Å². The minimum atomic E-state index is 0.469. The second kappa shape index (κ2) is 6.75. The predicted molar refractivity (Wildman–Crippen MR) is 94.2 cm³/mol. The first-order valence-corrected chi connectivity index (χ1v) is 7.79. The fraction of sp³-hybridized carbons (Fsp3) is 0.167. The lowest BCUT2D eigenvalue weighted by Crippen LogP contribution is -2.29. The zero-order valence-corrected chi connectivity index (χ0v) is 13.5. The van der Waals surface area contributed by atoms with Crippen LogP contribution in [0.5, 0.6) is 0 Å². The molecule has 0 fully saturated rings. The lowest BCUT2D eigenvalue weighted by molar-refractivity contribution is 0.477. The number of fused-ring (bicyclic) bond motifs is 1. The van der Waals surface area contributed by atoms with Crippen molar-refractivity contribution in [2.75, 3.05) is 11.4 Å². The van der Waals surface area contributed by atoms with Gasteiger partial charge < -0.3 is 15.1 Å². The fourth-order valence-electron chi connectivity index (χ4n) is 2.52. The number of hydrogen-bond acceptors (Lipinski definition) is 4. The van der Waals surface area contributed by atoms with Crippen molar-refractivity contribution in [3.63, 3.8) is 0 Å². The van der Waals surface area contributed by atoms with Crippen LogP contribution in [-0.4, -0.2) is 11.5 Å². The number of nitrogens with zero attached hydrogens (tertiary/aromatic N) is 2. The maximum Gasteiger partial charge on any atom is 0.242 e. The van der Waals surface area contributed by atoms with E-state index in [-0.39, 0.29) is 0 Å². The molecule has 0 saturated heterocycles. The summed E-state index contributed by atoms with van der Waals surface area (Å²) >= 11 is 6.07. The molecule has 1 aromatic carbocycles. The third-order valence-corrected chi connectivity index (χ3v) is 3.91. The van der Waals surface area contributed by atoms with E-state index < -0.39 is 0 Å². The number of rotatable bonds is 4. The van der Waals surface area contributed by atoms with Crippen LogP contribution in [0.4, 0.5) is 5.69 Å². The molecule has 0 radical (unpaired) electrons. The van der Waals surface area contributed by atoms with Gasteiger partial charge in [0.25, 0.3) is 0 Å². The zero-order chi connectivity index (χ0) is 16.2. The Bertz CT molecular complexity index is 776. The summed E-state index contributed by atoms with van der Waals surface area (Å²) < 4.78 is 5.79. The SMILES string of the molecule is C=C/C=C\C=C(/N)c1nc2c(o1)CCN(c1cccc(Cl)c1)C2. The van der Waals surface area contributed by atoms with E-state index in [2.05, 4.69) is 16.5 Å². The van der Waals surface area contributed by atoms with Gasteiger partial charge in [-0.05, 0) is 24.3 Å². The summed E-state index contributed by atoms with van der Waals surface area (Å²) in [5.41, 5.74) is 8.52. The topological polar surface area (TPSA) is 55.3 Å². The van der Waals surface area contributed by atoms with Crippen LogP contribution in [0.1, 0.15) is 17.3 Å². The lowest BCUT2D eigenvalue weighted by Gasteiger charge is -2.27. The highest BCUT2D eigenvalue weighted by Crippen LogP contribution is 2.27. The van der Waals surface area contributed by atoms with Gasteiger partial charge >= 0.3 is 0 Å². The van der Waals surface area contributed by atoms with Gasteiger partial charge in [-0.3, -0.25) is 0 Å². The number of oxazole rings is 1. The number of halogens is 1. The van der Waals surface area contributed by atoms with Crippen LogP contribution < -0.4 is 10.6 Å². The number of nitrogens with two attached hydrogens (primary N) is 1. The molecule has 0 amide bonds. The minimum absolute atomic E-state index is 0.469. The molecular weight excluding hydrogens is 310 g/mol. The minimum Gasteiger partial charge on any atom is -0.440 e. The van der Waals surface area contributed by atoms with Crippen molar-refractivity contribution in [3.05, 3.63) is 77.5 Å². The van der Waals surface area contributed by atoms with E-state index in [4.69, 9.17) is 21.8 Å². The largest absolute Gasteiger partial charge is 0.440 e. The molecule has 1 aromatic heterocycles. The van der Waals surface area contributed by atoms with E-state index in [9.17, 15) is 0 Å². The molecule has 0 spiro atoms. The monoisotopic (exact) mass is 327 g/mol. The van der Waals surface area contributed by atoms with E-state index >= 15 is 0 Å². The maximum atomic E-state index is 6.07. The summed E-state index contributed by atoms with van der Waals surface area (Å²) in [4.78, 5) is 6.77. The maximum absolute atomic E-state index is 6.07. The normalized spacial score (nSPS) is 15.0. The highest BCUT2D eigenvalue weighted by molar-refractivity contribution is 6.30. The first-order chi connectivity index (χ1) is 11.2. The molecule has 2 aromatic rings.